The summed E-state index contributed by atoms with van der Waals surface area (Å²) in [5.41, 5.74) is 0.0872. The number of carbonyl (C=O) groups is 1. The van der Waals surface area contributed by atoms with Gasteiger partial charge in [0.15, 0.2) is 0 Å². The third kappa shape index (κ3) is 4.44. The molecule has 2 rings (SSSR count). The first-order chi connectivity index (χ1) is 10.1. The molecule has 1 aliphatic rings. The number of hydrogen-bond acceptors (Lipinski definition) is 5. The highest BCUT2D eigenvalue weighted by Crippen LogP contribution is 2.25. The van der Waals surface area contributed by atoms with Crippen LogP contribution in [0.4, 0.5) is 0 Å². The number of ether oxygens (including phenoxy) is 2. The van der Waals surface area contributed by atoms with E-state index in [-0.39, 0.29) is 12.6 Å². The number of nitrogens with one attached hydrogen (secondary N) is 1. The Kier molecular flexibility index (Phi) is 5.20. The Balaban J connectivity index is 1.90. The first-order valence-electron chi connectivity index (χ1n) is 7.26. The predicted octanol–water partition coefficient (Wildman–Crippen LogP) is 1.63. The molecule has 1 aromatic rings. The molecule has 1 saturated carbocycles. The van der Waals surface area contributed by atoms with Gasteiger partial charge in [-0.25, -0.2) is 0 Å². The van der Waals surface area contributed by atoms with E-state index in [0.717, 1.165) is 18.4 Å². The molecule has 0 heterocycles. The van der Waals surface area contributed by atoms with Gasteiger partial charge in [-0.3, -0.25) is 10.1 Å². The van der Waals surface area contributed by atoms with Gasteiger partial charge in [-0.05, 0) is 37.5 Å². The average molecular weight is 293 g/mol. The molecule has 1 unspecified atom stereocenters. The van der Waals surface area contributed by atoms with Crippen LogP contribution in [0.1, 0.15) is 31.7 Å². The molecule has 1 aliphatic carbocycles. The normalized spacial score (nSPS) is 17.1. The molecule has 0 bridgehead atoms. The molecule has 0 aromatic heterocycles. The lowest BCUT2D eigenvalue weighted by Crippen LogP contribution is -2.52. The molecule has 5 nitrogen and oxygen atoms in total. The van der Waals surface area contributed by atoms with Crippen molar-refractivity contribution in [2.75, 3.05) is 13.7 Å². The summed E-state index contributed by atoms with van der Waals surface area (Å²) in [6.45, 7) is 2.24. The van der Waals surface area contributed by atoms with Crippen LogP contribution in [-0.4, -0.2) is 36.4 Å². The van der Waals surface area contributed by atoms with Gasteiger partial charge < -0.3 is 14.6 Å². The zero-order valence-corrected chi connectivity index (χ0v) is 12.6. The van der Waals surface area contributed by atoms with Crippen molar-refractivity contribution in [1.29, 1.82) is 0 Å². The molecule has 21 heavy (non-hydrogen) atoms. The quantitative estimate of drug-likeness (QED) is 0.713. The minimum absolute atomic E-state index is 0.0136. The highest BCUT2D eigenvalue weighted by Gasteiger charge is 2.39. The van der Waals surface area contributed by atoms with E-state index >= 15 is 0 Å². The summed E-state index contributed by atoms with van der Waals surface area (Å²) in [6, 6.07) is 7.71. The molecule has 0 saturated heterocycles. The molecule has 1 atom stereocenters. The van der Waals surface area contributed by atoms with Crippen molar-refractivity contribution in [2.24, 2.45) is 0 Å². The maximum absolute atomic E-state index is 12.0. The van der Waals surface area contributed by atoms with Crippen molar-refractivity contribution in [3.63, 3.8) is 0 Å². The Morgan fingerprint density at radius 1 is 1.48 bits per heavy atom. The number of aliphatic hydroxyl groups excluding tert-OH is 1. The minimum atomic E-state index is -0.718. The second-order valence-corrected chi connectivity index (χ2v) is 5.65. The zero-order chi connectivity index (χ0) is 15.3. The van der Waals surface area contributed by atoms with Crippen LogP contribution < -0.4 is 10.1 Å². The van der Waals surface area contributed by atoms with Gasteiger partial charge in [-0.1, -0.05) is 12.1 Å². The third-order valence-electron chi connectivity index (χ3n) is 3.69. The van der Waals surface area contributed by atoms with E-state index in [0.29, 0.717) is 24.8 Å². The SMILES string of the molecule is COC(=O)C(C)(CCOc1cccc(CO)c1)NC1CC1. The number of benzene rings is 1. The number of aliphatic hydroxyl groups is 1. The van der Waals surface area contributed by atoms with Crippen molar-refractivity contribution in [1.82, 2.24) is 5.32 Å². The van der Waals surface area contributed by atoms with E-state index in [1.165, 1.54) is 7.11 Å². The lowest BCUT2D eigenvalue weighted by atomic mass is 9.98. The fraction of sp³-hybridized carbons (Fsp3) is 0.562. The van der Waals surface area contributed by atoms with Crippen molar-refractivity contribution in [2.45, 2.75) is 44.4 Å². The molecule has 116 valence electrons. The van der Waals surface area contributed by atoms with E-state index < -0.39 is 5.54 Å². The molecule has 1 fully saturated rings. The number of carbonyl (C=O) groups excluding carboxylic acids is 1. The minimum Gasteiger partial charge on any atom is -0.493 e. The van der Waals surface area contributed by atoms with E-state index in [2.05, 4.69) is 5.32 Å². The second-order valence-electron chi connectivity index (χ2n) is 5.65. The summed E-state index contributed by atoms with van der Waals surface area (Å²) in [5.74, 6) is 0.433. The molecular weight excluding hydrogens is 270 g/mol. The zero-order valence-electron chi connectivity index (χ0n) is 12.6. The summed E-state index contributed by atoms with van der Waals surface area (Å²) >= 11 is 0. The van der Waals surface area contributed by atoms with E-state index in [4.69, 9.17) is 14.6 Å². The monoisotopic (exact) mass is 293 g/mol. The Hall–Kier alpha value is -1.59. The fourth-order valence-corrected chi connectivity index (χ4v) is 2.24. The third-order valence-corrected chi connectivity index (χ3v) is 3.69. The standard InChI is InChI=1S/C16H23NO4/c1-16(15(19)20-2,17-13-6-7-13)8-9-21-14-5-3-4-12(10-14)11-18/h3-5,10,13,17-18H,6-9,11H2,1-2H3. The molecule has 1 aromatic carbocycles. The first kappa shape index (κ1) is 15.8. The van der Waals surface area contributed by atoms with Gasteiger partial charge in [0.25, 0.3) is 0 Å². The van der Waals surface area contributed by atoms with Crippen molar-refractivity contribution < 1.29 is 19.4 Å². The summed E-state index contributed by atoms with van der Waals surface area (Å²) in [4.78, 5) is 12.0. The molecule has 0 amide bonds. The number of esters is 1. The molecule has 0 radical (unpaired) electrons. The number of rotatable bonds is 8. The van der Waals surface area contributed by atoms with Crippen LogP contribution in [0, 0.1) is 0 Å². The Bertz CT molecular complexity index is 487. The summed E-state index contributed by atoms with van der Waals surface area (Å²) in [5, 5.41) is 12.4. The first-order valence-corrected chi connectivity index (χ1v) is 7.26. The maximum Gasteiger partial charge on any atom is 0.325 e. The number of methoxy groups -OCH3 is 1. The van der Waals surface area contributed by atoms with Crippen LogP contribution in [0.25, 0.3) is 0 Å². The van der Waals surface area contributed by atoms with Gasteiger partial charge in [0.05, 0.1) is 20.3 Å². The number of hydrogen-bond donors (Lipinski definition) is 2. The van der Waals surface area contributed by atoms with Crippen LogP contribution >= 0.6 is 0 Å². The van der Waals surface area contributed by atoms with E-state index in [1.807, 2.05) is 25.1 Å². The van der Waals surface area contributed by atoms with Gasteiger partial charge in [0.2, 0.25) is 0 Å². The van der Waals surface area contributed by atoms with E-state index in [1.54, 1.807) is 6.07 Å². The smallest absolute Gasteiger partial charge is 0.325 e. The average Bonchev–Trinajstić information content (AvgIpc) is 3.30. The second kappa shape index (κ2) is 6.91. The highest BCUT2D eigenvalue weighted by molar-refractivity contribution is 5.80. The van der Waals surface area contributed by atoms with Gasteiger partial charge in [-0.2, -0.15) is 0 Å². The van der Waals surface area contributed by atoms with E-state index in [9.17, 15) is 4.79 Å². The van der Waals surface area contributed by atoms with Gasteiger partial charge in [-0.15, -0.1) is 0 Å². The fourth-order valence-electron chi connectivity index (χ4n) is 2.24. The Morgan fingerprint density at radius 2 is 2.24 bits per heavy atom. The van der Waals surface area contributed by atoms with Gasteiger partial charge in [0, 0.05) is 12.5 Å². The summed E-state index contributed by atoms with van der Waals surface area (Å²) in [6.07, 6.45) is 2.73. The molecule has 2 N–H and O–H groups in total. The van der Waals surface area contributed by atoms with Crippen LogP contribution in [0.15, 0.2) is 24.3 Å². The van der Waals surface area contributed by atoms with Crippen molar-refractivity contribution in [3.05, 3.63) is 29.8 Å². The molecular formula is C16H23NO4. The van der Waals surface area contributed by atoms with Gasteiger partial charge >= 0.3 is 5.97 Å². The highest BCUT2D eigenvalue weighted by atomic mass is 16.5. The topological polar surface area (TPSA) is 67.8 Å². The van der Waals surface area contributed by atoms with Crippen LogP contribution in [-0.2, 0) is 16.1 Å². The Labute approximate surface area is 125 Å². The van der Waals surface area contributed by atoms with Crippen LogP contribution in [0.5, 0.6) is 5.75 Å². The lowest BCUT2D eigenvalue weighted by molar-refractivity contribution is -0.148. The lowest BCUT2D eigenvalue weighted by Gasteiger charge is -2.28. The van der Waals surface area contributed by atoms with Crippen molar-refractivity contribution in [3.8, 4) is 5.75 Å². The molecule has 5 heteroatoms. The summed E-state index contributed by atoms with van der Waals surface area (Å²) in [7, 11) is 1.40. The maximum atomic E-state index is 12.0. The van der Waals surface area contributed by atoms with Crippen LogP contribution in [0.3, 0.4) is 0 Å². The largest absolute Gasteiger partial charge is 0.493 e. The molecule has 0 spiro atoms. The van der Waals surface area contributed by atoms with Crippen molar-refractivity contribution >= 4 is 5.97 Å². The Morgan fingerprint density at radius 3 is 2.86 bits per heavy atom. The van der Waals surface area contributed by atoms with Crippen LogP contribution in [0.2, 0.25) is 0 Å². The van der Waals surface area contributed by atoms with Gasteiger partial charge in [0.1, 0.15) is 11.3 Å². The summed E-state index contributed by atoms with van der Waals surface area (Å²) < 4.78 is 10.6. The predicted molar refractivity (Wildman–Crippen MR) is 79.1 cm³/mol. The molecule has 0 aliphatic heterocycles.